The monoisotopic (exact) mass is 156 g/mol. The fourth-order valence-electron chi connectivity index (χ4n) is 1.07. The Labute approximate surface area is 65.4 Å². The Morgan fingerprint density at radius 2 is 1.91 bits per heavy atom. The lowest BCUT2D eigenvalue weighted by Crippen LogP contribution is -2.26. The molecule has 3 heteroatoms. The SMILES string of the molecule is CC(C(=O)O)C(=O)C1(C)CC1. The molecule has 0 radical (unpaired) electrons. The lowest BCUT2D eigenvalue weighted by molar-refractivity contribution is -0.147. The largest absolute Gasteiger partial charge is 0.481 e. The van der Waals surface area contributed by atoms with Gasteiger partial charge in [0.2, 0.25) is 0 Å². The van der Waals surface area contributed by atoms with Crippen molar-refractivity contribution in [1.82, 2.24) is 0 Å². The number of hydrogen-bond donors (Lipinski definition) is 1. The zero-order valence-electron chi connectivity index (χ0n) is 6.76. The standard InChI is InChI=1S/C8H12O3/c1-5(7(10)11)6(9)8(2)3-4-8/h5H,3-4H2,1-2H3,(H,10,11). The van der Waals surface area contributed by atoms with Crippen LogP contribution in [0.25, 0.3) is 0 Å². The molecule has 0 heterocycles. The van der Waals surface area contributed by atoms with Crippen LogP contribution in [-0.4, -0.2) is 16.9 Å². The summed E-state index contributed by atoms with van der Waals surface area (Å²) in [6.07, 6.45) is 1.70. The molecule has 1 unspecified atom stereocenters. The molecule has 1 fully saturated rings. The van der Waals surface area contributed by atoms with Crippen molar-refractivity contribution in [2.75, 3.05) is 0 Å². The van der Waals surface area contributed by atoms with Crippen molar-refractivity contribution in [3.63, 3.8) is 0 Å². The van der Waals surface area contributed by atoms with Crippen LogP contribution in [0.1, 0.15) is 26.7 Å². The van der Waals surface area contributed by atoms with Crippen LogP contribution in [-0.2, 0) is 9.59 Å². The predicted molar refractivity (Wildman–Crippen MR) is 39.1 cm³/mol. The Kier molecular flexibility index (Phi) is 1.74. The molecule has 1 N–H and O–H groups in total. The number of hydrogen-bond acceptors (Lipinski definition) is 2. The zero-order chi connectivity index (χ0) is 8.65. The van der Waals surface area contributed by atoms with Crippen LogP contribution in [0.4, 0.5) is 0 Å². The number of carbonyl (C=O) groups is 2. The van der Waals surface area contributed by atoms with Gasteiger partial charge in [-0.15, -0.1) is 0 Å². The van der Waals surface area contributed by atoms with E-state index in [1.54, 1.807) is 0 Å². The first kappa shape index (κ1) is 8.24. The van der Waals surface area contributed by atoms with Gasteiger partial charge in [0, 0.05) is 5.41 Å². The van der Waals surface area contributed by atoms with E-state index < -0.39 is 11.9 Å². The molecule has 62 valence electrons. The molecule has 1 rings (SSSR count). The van der Waals surface area contributed by atoms with Crippen LogP contribution in [0.3, 0.4) is 0 Å². The summed E-state index contributed by atoms with van der Waals surface area (Å²) in [5.41, 5.74) is -0.308. The minimum absolute atomic E-state index is 0.120. The fourth-order valence-corrected chi connectivity index (χ4v) is 1.07. The van der Waals surface area contributed by atoms with Crippen molar-refractivity contribution in [3.8, 4) is 0 Å². The van der Waals surface area contributed by atoms with Gasteiger partial charge in [-0.3, -0.25) is 9.59 Å². The third-order valence-corrected chi connectivity index (χ3v) is 2.36. The van der Waals surface area contributed by atoms with E-state index in [9.17, 15) is 9.59 Å². The topological polar surface area (TPSA) is 54.4 Å². The smallest absolute Gasteiger partial charge is 0.313 e. The number of rotatable bonds is 3. The average Bonchev–Trinajstić information content (AvgIpc) is 2.66. The Morgan fingerprint density at radius 3 is 2.18 bits per heavy atom. The van der Waals surface area contributed by atoms with Crippen molar-refractivity contribution >= 4 is 11.8 Å². The summed E-state index contributed by atoms with van der Waals surface area (Å²) in [4.78, 5) is 21.7. The second-order valence-corrected chi connectivity index (χ2v) is 3.48. The van der Waals surface area contributed by atoms with Crippen LogP contribution in [0, 0.1) is 11.3 Å². The Bertz CT molecular complexity index is 203. The minimum atomic E-state index is -1.01. The summed E-state index contributed by atoms with van der Waals surface area (Å²) >= 11 is 0. The Balaban J connectivity index is 2.61. The van der Waals surface area contributed by atoms with Crippen molar-refractivity contribution in [2.45, 2.75) is 26.7 Å². The quantitative estimate of drug-likeness (QED) is 0.622. The fraction of sp³-hybridized carbons (Fsp3) is 0.750. The number of ketones is 1. The molecule has 0 amide bonds. The molecule has 0 aromatic heterocycles. The number of carboxylic acids is 1. The lowest BCUT2D eigenvalue weighted by atomic mass is 9.93. The minimum Gasteiger partial charge on any atom is -0.481 e. The van der Waals surface area contributed by atoms with Gasteiger partial charge < -0.3 is 5.11 Å². The Hall–Kier alpha value is -0.860. The zero-order valence-corrected chi connectivity index (χ0v) is 6.76. The van der Waals surface area contributed by atoms with Crippen LogP contribution >= 0.6 is 0 Å². The van der Waals surface area contributed by atoms with E-state index in [0.717, 1.165) is 12.8 Å². The summed E-state index contributed by atoms with van der Waals surface area (Å²) in [7, 11) is 0. The number of aliphatic carboxylic acids is 1. The molecule has 1 aliphatic rings. The molecule has 0 saturated heterocycles. The Morgan fingerprint density at radius 1 is 1.45 bits per heavy atom. The van der Waals surface area contributed by atoms with E-state index in [-0.39, 0.29) is 11.2 Å². The average molecular weight is 156 g/mol. The first-order valence-corrected chi connectivity index (χ1v) is 3.74. The summed E-state index contributed by atoms with van der Waals surface area (Å²) in [6, 6.07) is 0. The highest BCUT2D eigenvalue weighted by Gasteiger charge is 2.47. The van der Waals surface area contributed by atoms with Gasteiger partial charge in [0.25, 0.3) is 0 Å². The second-order valence-electron chi connectivity index (χ2n) is 3.48. The molecule has 0 bridgehead atoms. The predicted octanol–water partition coefficient (Wildman–Crippen LogP) is 1.08. The van der Waals surface area contributed by atoms with Crippen LogP contribution < -0.4 is 0 Å². The third-order valence-electron chi connectivity index (χ3n) is 2.36. The number of carbonyl (C=O) groups excluding carboxylic acids is 1. The van der Waals surface area contributed by atoms with E-state index in [1.807, 2.05) is 6.92 Å². The van der Waals surface area contributed by atoms with Gasteiger partial charge in [0.05, 0.1) is 0 Å². The van der Waals surface area contributed by atoms with Gasteiger partial charge in [-0.05, 0) is 19.8 Å². The van der Waals surface area contributed by atoms with E-state index in [1.165, 1.54) is 6.92 Å². The molecular weight excluding hydrogens is 144 g/mol. The van der Waals surface area contributed by atoms with Crippen LogP contribution in [0.15, 0.2) is 0 Å². The normalized spacial score (nSPS) is 22.4. The van der Waals surface area contributed by atoms with Gasteiger partial charge >= 0.3 is 5.97 Å². The molecule has 0 aromatic rings. The van der Waals surface area contributed by atoms with E-state index in [0.29, 0.717) is 0 Å². The van der Waals surface area contributed by atoms with Crippen molar-refractivity contribution < 1.29 is 14.7 Å². The molecule has 0 spiro atoms. The molecule has 1 atom stereocenters. The van der Waals surface area contributed by atoms with Gasteiger partial charge in [-0.25, -0.2) is 0 Å². The van der Waals surface area contributed by atoms with Crippen molar-refractivity contribution in [3.05, 3.63) is 0 Å². The molecule has 1 saturated carbocycles. The van der Waals surface area contributed by atoms with Gasteiger partial charge in [0.1, 0.15) is 5.92 Å². The first-order valence-electron chi connectivity index (χ1n) is 3.74. The van der Waals surface area contributed by atoms with Crippen molar-refractivity contribution in [2.24, 2.45) is 11.3 Å². The highest BCUT2D eigenvalue weighted by molar-refractivity contribution is 6.01. The summed E-state index contributed by atoms with van der Waals surface area (Å²) < 4.78 is 0. The van der Waals surface area contributed by atoms with Gasteiger partial charge in [-0.1, -0.05) is 6.92 Å². The maximum atomic E-state index is 11.3. The molecule has 11 heavy (non-hydrogen) atoms. The van der Waals surface area contributed by atoms with E-state index in [2.05, 4.69) is 0 Å². The molecule has 1 aliphatic carbocycles. The van der Waals surface area contributed by atoms with Gasteiger partial charge in [0.15, 0.2) is 5.78 Å². The first-order chi connectivity index (χ1) is 4.97. The molecular formula is C8H12O3. The van der Waals surface area contributed by atoms with E-state index >= 15 is 0 Å². The maximum absolute atomic E-state index is 11.3. The maximum Gasteiger partial charge on any atom is 0.313 e. The number of carboxylic acid groups (broad SMARTS) is 1. The second kappa shape index (κ2) is 2.32. The summed E-state index contributed by atoms with van der Waals surface area (Å²) in [6.45, 7) is 3.28. The van der Waals surface area contributed by atoms with Crippen LogP contribution in [0.5, 0.6) is 0 Å². The molecule has 0 aromatic carbocycles. The highest BCUT2D eigenvalue weighted by atomic mass is 16.4. The summed E-state index contributed by atoms with van der Waals surface area (Å²) in [5, 5.41) is 8.52. The van der Waals surface area contributed by atoms with Gasteiger partial charge in [-0.2, -0.15) is 0 Å². The van der Waals surface area contributed by atoms with Crippen molar-refractivity contribution in [1.29, 1.82) is 0 Å². The van der Waals surface area contributed by atoms with Crippen LogP contribution in [0.2, 0.25) is 0 Å². The number of Topliss-reactive ketones (excluding diaryl/α,β-unsaturated/α-hetero) is 1. The van der Waals surface area contributed by atoms with E-state index in [4.69, 9.17) is 5.11 Å². The lowest BCUT2D eigenvalue weighted by Gasteiger charge is -2.09. The summed E-state index contributed by atoms with van der Waals surface area (Å²) in [5.74, 6) is -1.96. The highest BCUT2D eigenvalue weighted by Crippen LogP contribution is 2.47. The third kappa shape index (κ3) is 1.42. The molecule has 3 nitrogen and oxygen atoms in total. The molecule has 0 aliphatic heterocycles.